The number of aromatic nitrogens is 3. The predicted octanol–water partition coefficient (Wildman–Crippen LogP) is 1.86. The van der Waals surface area contributed by atoms with Crippen LogP contribution in [0.2, 0.25) is 0 Å². The Morgan fingerprint density at radius 1 is 1.50 bits per heavy atom. The zero-order chi connectivity index (χ0) is 14.9. The summed E-state index contributed by atoms with van der Waals surface area (Å²) in [6, 6.07) is 0.759. The van der Waals surface area contributed by atoms with Gasteiger partial charge in [0.2, 0.25) is 0 Å². The molecule has 1 heterocycles. The first-order chi connectivity index (χ1) is 9.43. The predicted molar refractivity (Wildman–Crippen MR) is 65.1 cm³/mol. The largest absolute Gasteiger partial charge is 0.323 e. The summed E-state index contributed by atoms with van der Waals surface area (Å²) >= 11 is 0. The van der Waals surface area contributed by atoms with E-state index in [2.05, 4.69) is 10.3 Å². The molecule has 2 rings (SSSR count). The zero-order valence-electron chi connectivity index (χ0n) is 10.5. The lowest BCUT2D eigenvalue weighted by Gasteiger charge is -2.04. The smallest absolute Gasteiger partial charge is 0.300 e. The van der Waals surface area contributed by atoms with Crippen molar-refractivity contribution in [2.75, 3.05) is 0 Å². The van der Waals surface area contributed by atoms with Crippen LogP contribution in [0.15, 0.2) is 18.3 Å². The zero-order valence-corrected chi connectivity index (χ0v) is 10.5. The Hall–Kier alpha value is -2.42. The normalized spacial score (nSPS) is 12.4. The highest BCUT2D eigenvalue weighted by atomic mass is 19.1. The van der Waals surface area contributed by atoms with Crippen molar-refractivity contribution in [2.24, 2.45) is 5.73 Å². The second-order valence-corrected chi connectivity index (χ2v) is 4.12. The Kier molecular flexibility index (Phi) is 3.70. The maximum Gasteiger partial charge on any atom is 0.300 e. The molecule has 0 spiro atoms. The van der Waals surface area contributed by atoms with Crippen molar-refractivity contribution in [1.29, 1.82) is 0 Å². The van der Waals surface area contributed by atoms with Crippen molar-refractivity contribution >= 4 is 5.69 Å². The van der Waals surface area contributed by atoms with Crippen LogP contribution in [0.25, 0.3) is 5.69 Å². The molecule has 0 amide bonds. The van der Waals surface area contributed by atoms with Gasteiger partial charge in [0.1, 0.15) is 5.82 Å². The molecule has 0 bridgehead atoms. The number of halogens is 2. The first-order valence-corrected chi connectivity index (χ1v) is 5.75. The molecule has 0 fully saturated rings. The van der Waals surface area contributed by atoms with E-state index in [0.717, 1.165) is 4.68 Å². The molecule has 1 unspecified atom stereocenters. The molecule has 0 radical (unpaired) electrons. The lowest BCUT2D eigenvalue weighted by molar-refractivity contribution is -0.385. The number of nitro benzene ring substituents is 1. The summed E-state index contributed by atoms with van der Waals surface area (Å²) in [5.74, 6) is -2.14. The van der Waals surface area contributed by atoms with Crippen LogP contribution < -0.4 is 5.73 Å². The molecule has 1 aromatic heterocycles. The molecule has 1 aromatic carbocycles. The Balaban J connectivity index is 2.57. The third kappa shape index (κ3) is 2.48. The summed E-state index contributed by atoms with van der Waals surface area (Å²) in [5, 5.41) is 18.2. The molecule has 7 nitrogen and oxygen atoms in total. The maximum atomic E-state index is 13.8. The van der Waals surface area contributed by atoms with Crippen molar-refractivity contribution in [2.45, 2.75) is 19.4 Å². The minimum atomic E-state index is -1.10. The Morgan fingerprint density at radius 2 is 2.20 bits per heavy atom. The third-order valence-electron chi connectivity index (χ3n) is 2.76. The highest BCUT2D eigenvalue weighted by Crippen LogP contribution is 2.27. The van der Waals surface area contributed by atoms with Gasteiger partial charge in [0, 0.05) is 6.07 Å². The molecule has 0 aliphatic rings. The highest BCUT2D eigenvalue weighted by molar-refractivity contribution is 5.53. The number of nitrogens with zero attached hydrogens (tertiary/aromatic N) is 4. The monoisotopic (exact) mass is 283 g/mol. The molecule has 2 N–H and O–H groups in total. The van der Waals surface area contributed by atoms with Crippen LogP contribution in [0.1, 0.15) is 25.1 Å². The van der Waals surface area contributed by atoms with Gasteiger partial charge in [0.05, 0.1) is 28.9 Å². The number of rotatable bonds is 4. The minimum Gasteiger partial charge on any atom is -0.323 e. The summed E-state index contributed by atoms with van der Waals surface area (Å²) in [6.07, 6.45) is 1.87. The van der Waals surface area contributed by atoms with Gasteiger partial charge in [-0.3, -0.25) is 10.1 Å². The first-order valence-electron chi connectivity index (χ1n) is 5.75. The third-order valence-corrected chi connectivity index (χ3v) is 2.76. The average Bonchev–Trinajstić information content (AvgIpc) is 2.86. The van der Waals surface area contributed by atoms with Crippen LogP contribution in [0.4, 0.5) is 14.5 Å². The number of hydrogen-bond donors (Lipinski definition) is 1. The van der Waals surface area contributed by atoms with E-state index in [9.17, 15) is 18.9 Å². The van der Waals surface area contributed by atoms with Crippen LogP contribution in [0.5, 0.6) is 0 Å². The van der Waals surface area contributed by atoms with E-state index < -0.39 is 34.0 Å². The van der Waals surface area contributed by atoms with Gasteiger partial charge in [-0.05, 0) is 6.42 Å². The molecule has 106 valence electrons. The van der Waals surface area contributed by atoms with Gasteiger partial charge in [-0.1, -0.05) is 12.1 Å². The van der Waals surface area contributed by atoms with E-state index in [1.54, 1.807) is 0 Å². The van der Waals surface area contributed by atoms with Crippen LogP contribution in [-0.4, -0.2) is 19.9 Å². The first kappa shape index (κ1) is 14.0. The number of benzene rings is 1. The van der Waals surface area contributed by atoms with E-state index in [4.69, 9.17) is 5.73 Å². The lowest BCUT2D eigenvalue weighted by atomic mass is 10.2. The quantitative estimate of drug-likeness (QED) is 0.682. The molecule has 20 heavy (non-hydrogen) atoms. The van der Waals surface area contributed by atoms with Gasteiger partial charge in [0.25, 0.3) is 0 Å². The van der Waals surface area contributed by atoms with Gasteiger partial charge in [0.15, 0.2) is 11.5 Å². The SMILES string of the molecule is CCC(N)c1cn(-c2c(F)cc(F)cc2[N+](=O)[O-])nn1. The van der Waals surface area contributed by atoms with Crippen molar-refractivity contribution in [1.82, 2.24) is 15.0 Å². The lowest BCUT2D eigenvalue weighted by Crippen LogP contribution is -2.09. The number of nitro groups is 1. The molecular formula is C11H11F2N5O2. The second kappa shape index (κ2) is 5.29. The van der Waals surface area contributed by atoms with Crippen molar-refractivity contribution in [3.8, 4) is 5.69 Å². The van der Waals surface area contributed by atoms with Crippen molar-refractivity contribution in [3.63, 3.8) is 0 Å². The van der Waals surface area contributed by atoms with E-state index in [-0.39, 0.29) is 0 Å². The molecule has 0 saturated heterocycles. The van der Waals surface area contributed by atoms with E-state index >= 15 is 0 Å². The highest BCUT2D eigenvalue weighted by Gasteiger charge is 2.24. The fraction of sp³-hybridized carbons (Fsp3) is 0.273. The maximum absolute atomic E-state index is 13.8. The van der Waals surface area contributed by atoms with Gasteiger partial charge >= 0.3 is 5.69 Å². The molecule has 2 aromatic rings. The molecular weight excluding hydrogens is 272 g/mol. The second-order valence-electron chi connectivity index (χ2n) is 4.12. The minimum absolute atomic E-state index is 0.366. The van der Waals surface area contributed by atoms with E-state index in [1.165, 1.54) is 6.20 Å². The van der Waals surface area contributed by atoms with E-state index in [1.807, 2.05) is 6.92 Å². The number of nitrogens with two attached hydrogens (primary N) is 1. The van der Waals surface area contributed by atoms with Crippen molar-refractivity contribution < 1.29 is 13.7 Å². The summed E-state index contributed by atoms with van der Waals surface area (Å²) in [4.78, 5) is 10.00. The van der Waals surface area contributed by atoms with Crippen molar-refractivity contribution in [3.05, 3.63) is 45.8 Å². The Bertz CT molecular complexity index is 658. The Labute approximate surface area is 112 Å². The Morgan fingerprint density at radius 3 is 2.80 bits per heavy atom. The molecule has 0 saturated carbocycles. The molecule has 1 atom stereocenters. The summed E-state index contributed by atoms with van der Waals surface area (Å²) in [7, 11) is 0. The average molecular weight is 283 g/mol. The van der Waals surface area contributed by atoms with Crippen LogP contribution in [0.3, 0.4) is 0 Å². The summed E-state index contributed by atoms with van der Waals surface area (Å²) in [5.41, 5.74) is 4.90. The number of hydrogen-bond acceptors (Lipinski definition) is 5. The topological polar surface area (TPSA) is 99.9 Å². The summed E-state index contributed by atoms with van der Waals surface area (Å²) < 4.78 is 27.7. The molecule has 0 aliphatic heterocycles. The van der Waals surface area contributed by atoms with Gasteiger partial charge < -0.3 is 5.73 Å². The summed E-state index contributed by atoms with van der Waals surface area (Å²) in [6.45, 7) is 1.82. The molecule has 0 aliphatic carbocycles. The van der Waals surface area contributed by atoms with Gasteiger partial charge in [-0.25, -0.2) is 13.5 Å². The molecule has 9 heteroatoms. The fourth-order valence-electron chi connectivity index (χ4n) is 1.68. The van der Waals surface area contributed by atoms with Crippen LogP contribution >= 0.6 is 0 Å². The van der Waals surface area contributed by atoms with Crippen LogP contribution in [0, 0.1) is 21.7 Å². The van der Waals surface area contributed by atoms with Gasteiger partial charge in [-0.2, -0.15) is 0 Å². The fourth-order valence-corrected chi connectivity index (χ4v) is 1.68. The standard InChI is InChI=1S/C11H11F2N5O2/c1-2-8(14)9-5-17(16-15-9)11-7(13)3-6(12)4-10(11)18(19)20/h3-5,8H,2,14H2,1H3. The van der Waals surface area contributed by atoms with Crippen LogP contribution in [-0.2, 0) is 0 Å². The van der Waals surface area contributed by atoms with Gasteiger partial charge in [-0.15, -0.1) is 5.10 Å². The van der Waals surface area contributed by atoms with E-state index in [0.29, 0.717) is 24.2 Å².